The van der Waals surface area contributed by atoms with E-state index in [2.05, 4.69) is 12.2 Å². The Balaban J connectivity index is 2.35. The monoisotopic (exact) mass is 389 g/mol. The summed E-state index contributed by atoms with van der Waals surface area (Å²) in [5.74, 6) is -2.02. The lowest BCUT2D eigenvalue weighted by Gasteiger charge is -2.12. The fourth-order valence-corrected chi connectivity index (χ4v) is 3.44. The standard InChI is InChI=1S/C20H23NO5S/c1-4-13-5-7-14(8-6-13)15-11-27-19(18(15)20(25)26-12(2)3)21-16(22)9-10-17(23)24/h5-8,11-12H,4,9-10H2,1-3H3,(H,21,22)(H,23,24). The number of carbonyl (C=O) groups excluding carboxylic acids is 2. The molecule has 2 aromatic rings. The normalized spacial score (nSPS) is 10.7. The molecule has 0 aliphatic rings. The molecule has 144 valence electrons. The van der Waals surface area contributed by atoms with E-state index in [1.165, 1.54) is 16.9 Å². The Kier molecular flexibility index (Phi) is 7.12. The van der Waals surface area contributed by atoms with Crippen LogP contribution in [0.3, 0.4) is 0 Å². The van der Waals surface area contributed by atoms with Crippen molar-refractivity contribution in [1.29, 1.82) is 0 Å². The average molecular weight is 389 g/mol. The molecule has 0 saturated carbocycles. The molecule has 0 aliphatic carbocycles. The minimum Gasteiger partial charge on any atom is -0.481 e. The first-order valence-corrected chi connectivity index (χ1v) is 9.63. The van der Waals surface area contributed by atoms with Crippen molar-refractivity contribution in [3.8, 4) is 11.1 Å². The van der Waals surface area contributed by atoms with Gasteiger partial charge in [0.15, 0.2) is 0 Å². The summed E-state index contributed by atoms with van der Waals surface area (Å²) in [7, 11) is 0. The van der Waals surface area contributed by atoms with Crippen LogP contribution >= 0.6 is 11.3 Å². The van der Waals surface area contributed by atoms with Crippen molar-refractivity contribution in [1.82, 2.24) is 0 Å². The summed E-state index contributed by atoms with van der Waals surface area (Å²) in [4.78, 5) is 35.3. The van der Waals surface area contributed by atoms with E-state index in [1.807, 2.05) is 24.3 Å². The van der Waals surface area contributed by atoms with Crippen LogP contribution in [0.4, 0.5) is 5.00 Å². The van der Waals surface area contributed by atoms with E-state index < -0.39 is 17.8 Å². The zero-order chi connectivity index (χ0) is 20.0. The van der Waals surface area contributed by atoms with Gasteiger partial charge in [0.2, 0.25) is 5.91 Å². The average Bonchev–Trinajstić information content (AvgIpc) is 3.03. The number of carboxylic acid groups (broad SMARTS) is 1. The van der Waals surface area contributed by atoms with Crippen molar-refractivity contribution in [2.75, 3.05) is 5.32 Å². The third-order valence-corrected chi connectivity index (χ3v) is 4.73. The lowest BCUT2D eigenvalue weighted by Crippen LogP contribution is -2.17. The number of ether oxygens (including phenoxy) is 1. The lowest BCUT2D eigenvalue weighted by atomic mass is 10.0. The van der Waals surface area contributed by atoms with Gasteiger partial charge in [-0.25, -0.2) is 4.79 Å². The van der Waals surface area contributed by atoms with Crippen LogP contribution in [0.2, 0.25) is 0 Å². The van der Waals surface area contributed by atoms with Crippen molar-refractivity contribution >= 4 is 34.2 Å². The van der Waals surface area contributed by atoms with Gasteiger partial charge in [0.05, 0.1) is 12.5 Å². The molecular formula is C20H23NO5S. The van der Waals surface area contributed by atoms with Gasteiger partial charge in [0.25, 0.3) is 0 Å². The van der Waals surface area contributed by atoms with E-state index in [0.717, 1.165) is 12.0 Å². The zero-order valence-corrected chi connectivity index (χ0v) is 16.4. The molecular weight excluding hydrogens is 366 g/mol. The Hall–Kier alpha value is -2.67. The summed E-state index contributed by atoms with van der Waals surface area (Å²) in [6, 6.07) is 7.86. The highest BCUT2D eigenvalue weighted by Crippen LogP contribution is 2.36. The van der Waals surface area contributed by atoms with E-state index in [-0.39, 0.29) is 18.9 Å². The van der Waals surface area contributed by atoms with Crippen molar-refractivity contribution < 1.29 is 24.2 Å². The molecule has 2 N–H and O–H groups in total. The second-order valence-electron chi connectivity index (χ2n) is 6.30. The highest BCUT2D eigenvalue weighted by Gasteiger charge is 2.23. The molecule has 2 rings (SSSR count). The predicted molar refractivity (Wildman–Crippen MR) is 105 cm³/mol. The minimum absolute atomic E-state index is 0.160. The number of hydrogen-bond acceptors (Lipinski definition) is 5. The largest absolute Gasteiger partial charge is 0.481 e. The van der Waals surface area contributed by atoms with Gasteiger partial charge in [-0.05, 0) is 31.4 Å². The molecule has 0 saturated heterocycles. The molecule has 0 spiro atoms. The highest BCUT2D eigenvalue weighted by molar-refractivity contribution is 7.15. The summed E-state index contributed by atoms with van der Waals surface area (Å²) in [6.45, 7) is 5.58. The molecule has 7 heteroatoms. The van der Waals surface area contributed by atoms with E-state index in [1.54, 1.807) is 19.2 Å². The van der Waals surface area contributed by atoms with Crippen LogP contribution in [0.5, 0.6) is 0 Å². The maximum atomic E-state index is 12.6. The van der Waals surface area contributed by atoms with Crippen LogP contribution in [0.1, 0.15) is 49.5 Å². The molecule has 1 aromatic carbocycles. The summed E-state index contributed by atoms with van der Waals surface area (Å²) < 4.78 is 5.34. The van der Waals surface area contributed by atoms with Gasteiger partial charge in [0, 0.05) is 17.4 Å². The van der Waals surface area contributed by atoms with Crippen LogP contribution in [0, 0.1) is 0 Å². The van der Waals surface area contributed by atoms with E-state index >= 15 is 0 Å². The van der Waals surface area contributed by atoms with Gasteiger partial charge in [-0.1, -0.05) is 31.2 Å². The number of amides is 1. The number of carbonyl (C=O) groups is 3. The lowest BCUT2D eigenvalue weighted by molar-refractivity contribution is -0.138. The van der Waals surface area contributed by atoms with Crippen LogP contribution in [-0.2, 0) is 20.7 Å². The fourth-order valence-electron chi connectivity index (χ4n) is 2.47. The highest BCUT2D eigenvalue weighted by atomic mass is 32.1. The Labute approximate surface area is 162 Å². The number of nitrogens with one attached hydrogen (secondary N) is 1. The quantitative estimate of drug-likeness (QED) is 0.655. The van der Waals surface area contributed by atoms with Crippen molar-refractivity contribution in [2.24, 2.45) is 0 Å². The topological polar surface area (TPSA) is 92.7 Å². The Morgan fingerprint density at radius 3 is 2.37 bits per heavy atom. The Bertz CT molecular complexity index is 823. The first kappa shape index (κ1) is 20.6. The first-order chi connectivity index (χ1) is 12.8. The molecule has 0 radical (unpaired) electrons. The number of hydrogen-bond donors (Lipinski definition) is 2. The van der Waals surface area contributed by atoms with Crippen molar-refractivity contribution in [2.45, 2.75) is 46.1 Å². The Morgan fingerprint density at radius 2 is 1.81 bits per heavy atom. The van der Waals surface area contributed by atoms with Crippen LogP contribution in [0.15, 0.2) is 29.6 Å². The first-order valence-electron chi connectivity index (χ1n) is 8.75. The van der Waals surface area contributed by atoms with Gasteiger partial charge in [-0.15, -0.1) is 11.3 Å². The number of aryl methyl sites for hydroxylation is 1. The molecule has 6 nitrogen and oxygen atoms in total. The molecule has 27 heavy (non-hydrogen) atoms. The maximum Gasteiger partial charge on any atom is 0.342 e. The molecule has 0 aliphatic heterocycles. The van der Waals surface area contributed by atoms with E-state index in [9.17, 15) is 14.4 Å². The number of carboxylic acids is 1. The number of benzene rings is 1. The molecule has 0 atom stereocenters. The van der Waals surface area contributed by atoms with Gasteiger partial charge < -0.3 is 15.2 Å². The third kappa shape index (κ3) is 5.65. The van der Waals surface area contributed by atoms with Crippen LogP contribution in [-0.4, -0.2) is 29.1 Å². The number of thiophene rings is 1. The van der Waals surface area contributed by atoms with Crippen molar-refractivity contribution in [3.63, 3.8) is 0 Å². The number of rotatable bonds is 8. The second-order valence-corrected chi connectivity index (χ2v) is 7.18. The summed E-state index contributed by atoms with van der Waals surface area (Å²) in [5.41, 5.74) is 3.01. The second kappa shape index (κ2) is 9.32. The number of esters is 1. The molecule has 1 aromatic heterocycles. The molecule has 1 amide bonds. The third-order valence-electron chi connectivity index (χ3n) is 3.83. The summed E-state index contributed by atoms with van der Waals surface area (Å²) in [6.07, 6.45) is 0.181. The number of anilines is 1. The van der Waals surface area contributed by atoms with E-state index in [4.69, 9.17) is 9.84 Å². The fraction of sp³-hybridized carbons (Fsp3) is 0.350. The zero-order valence-electron chi connectivity index (χ0n) is 15.6. The minimum atomic E-state index is -1.05. The van der Waals surface area contributed by atoms with Gasteiger partial charge in [-0.2, -0.15) is 0 Å². The van der Waals surface area contributed by atoms with Gasteiger partial charge in [0.1, 0.15) is 10.6 Å². The van der Waals surface area contributed by atoms with E-state index in [0.29, 0.717) is 16.1 Å². The van der Waals surface area contributed by atoms with Gasteiger partial charge in [-0.3, -0.25) is 9.59 Å². The maximum absolute atomic E-state index is 12.6. The predicted octanol–water partition coefficient (Wildman–Crippen LogP) is 4.35. The molecule has 1 heterocycles. The smallest absolute Gasteiger partial charge is 0.342 e. The van der Waals surface area contributed by atoms with Crippen LogP contribution < -0.4 is 5.32 Å². The SMILES string of the molecule is CCc1ccc(-c2csc(NC(=O)CCC(=O)O)c2C(=O)OC(C)C)cc1. The molecule has 0 bridgehead atoms. The van der Waals surface area contributed by atoms with Crippen molar-refractivity contribution in [3.05, 3.63) is 40.8 Å². The summed E-state index contributed by atoms with van der Waals surface area (Å²) >= 11 is 1.22. The summed E-state index contributed by atoms with van der Waals surface area (Å²) in [5, 5.41) is 13.5. The molecule has 0 unspecified atom stereocenters. The molecule has 0 fully saturated rings. The van der Waals surface area contributed by atoms with Crippen LogP contribution in [0.25, 0.3) is 11.1 Å². The Morgan fingerprint density at radius 1 is 1.15 bits per heavy atom. The number of aliphatic carboxylic acids is 1. The van der Waals surface area contributed by atoms with Gasteiger partial charge >= 0.3 is 11.9 Å².